The first-order chi connectivity index (χ1) is 10.6. The maximum absolute atomic E-state index is 5.88. The first-order valence-electron chi connectivity index (χ1n) is 7.24. The number of rotatable bonds is 4. The molecule has 114 valence electrons. The van der Waals surface area contributed by atoms with Gasteiger partial charge in [0.15, 0.2) is 5.11 Å². The second kappa shape index (κ2) is 6.34. The van der Waals surface area contributed by atoms with Gasteiger partial charge in [-0.1, -0.05) is 18.2 Å². The number of thiocarbonyl (C=S) groups is 1. The number of nitrogens with zero attached hydrogens (tertiary/aromatic N) is 1. The summed E-state index contributed by atoms with van der Waals surface area (Å²) < 4.78 is 5.88. The molecular weight excluding hydrogens is 294 g/mol. The molecule has 0 fully saturated rings. The molecule has 1 aromatic heterocycles. The fourth-order valence-corrected chi connectivity index (χ4v) is 2.59. The van der Waals surface area contributed by atoms with Gasteiger partial charge in [0.25, 0.3) is 0 Å². The number of hydrogen-bond donors (Lipinski definition) is 2. The lowest BCUT2D eigenvalue weighted by atomic mass is 10.1. The smallest absolute Gasteiger partial charge is 0.170 e. The molecule has 3 rings (SSSR count). The number of likely N-dealkylation sites (N-methyl/N-ethyl adjacent to an activating group) is 1. The van der Waals surface area contributed by atoms with Gasteiger partial charge in [0.05, 0.1) is 0 Å². The van der Waals surface area contributed by atoms with Crippen LogP contribution in [0.3, 0.4) is 0 Å². The molecule has 0 aliphatic heterocycles. The molecule has 0 saturated heterocycles. The number of benzene rings is 2. The monoisotopic (exact) mass is 313 g/mol. The number of furan rings is 1. The fourth-order valence-electron chi connectivity index (χ4n) is 2.37. The lowest BCUT2D eigenvalue weighted by molar-refractivity contribution is 0.413. The van der Waals surface area contributed by atoms with Gasteiger partial charge < -0.3 is 20.0 Å². The zero-order valence-electron chi connectivity index (χ0n) is 12.7. The average molecular weight is 313 g/mol. The van der Waals surface area contributed by atoms with Crippen molar-refractivity contribution in [3.63, 3.8) is 0 Å². The van der Waals surface area contributed by atoms with E-state index in [2.05, 4.69) is 27.7 Å². The lowest BCUT2D eigenvalue weighted by Gasteiger charge is -2.13. The first-order valence-corrected chi connectivity index (χ1v) is 7.65. The molecular formula is C17H19N3OS. The molecule has 0 spiro atoms. The third-order valence-corrected chi connectivity index (χ3v) is 3.73. The van der Waals surface area contributed by atoms with Crippen LogP contribution >= 0.6 is 12.2 Å². The molecule has 1 heterocycles. The van der Waals surface area contributed by atoms with Gasteiger partial charge in [-0.3, -0.25) is 0 Å². The van der Waals surface area contributed by atoms with Crippen molar-refractivity contribution < 1.29 is 4.42 Å². The van der Waals surface area contributed by atoms with E-state index in [1.54, 1.807) is 0 Å². The predicted octanol–water partition coefficient (Wildman–Crippen LogP) is 3.43. The average Bonchev–Trinajstić information content (AvgIpc) is 2.84. The van der Waals surface area contributed by atoms with E-state index in [1.165, 1.54) is 0 Å². The van der Waals surface area contributed by atoms with E-state index in [0.717, 1.165) is 40.7 Å². The molecule has 0 atom stereocenters. The predicted molar refractivity (Wildman–Crippen MR) is 96.5 cm³/mol. The zero-order chi connectivity index (χ0) is 15.5. The Morgan fingerprint density at radius 1 is 1.09 bits per heavy atom. The molecule has 0 unspecified atom stereocenters. The van der Waals surface area contributed by atoms with E-state index in [0.29, 0.717) is 5.11 Å². The molecule has 22 heavy (non-hydrogen) atoms. The van der Waals surface area contributed by atoms with Gasteiger partial charge >= 0.3 is 0 Å². The summed E-state index contributed by atoms with van der Waals surface area (Å²) in [4.78, 5) is 2.11. The molecule has 0 aliphatic carbocycles. The van der Waals surface area contributed by atoms with E-state index < -0.39 is 0 Å². The maximum atomic E-state index is 5.88. The Balaban J connectivity index is 1.75. The summed E-state index contributed by atoms with van der Waals surface area (Å²) in [7, 11) is 4.07. The fraction of sp³-hybridized carbons (Fsp3) is 0.235. The van der Waals surface area contributed by atoms with Crippen molar-refractivity contribution in [2.45, 2.75) is 0 Å². The molecule has 3 aromatic rings. The Bertz CT molecular complexity index is 810. The van der Waals surface area contributed by atoms with E-state index in [1.807, 2.05) is 44.4 Å². The van der Waals surface area contributed by atoms with Gasteiger partial charge in [0.2, 0.25) is 0 Å². The van der Waals surface area contributed by atoms with E-state index in [-0.39, 0.29) is 0 Å². The summed E-state index contributed by atoms with van der Waals surface area (Å²) in [5.41, 5.74) is 2.69. The molecule has 0 radical (unpaired) electrons. The normalized spacial score (nSPS) is 11.2. The molecule has 0 aliphatic rings. The SMILES string of the molecule is CN(C)CCNC(=S)Nc1ccc2c(c1)oc1ccccc12. The van der Waals surface area contributed by atoms with E-state index >= 15 is 0 Å². The zero-order valence-corrected chi connectivity index (χ0v) is 13.5. The number of anilines is 1. The summed E-state index contributed by atoms with van der Waals surface area (Å²) in [6, 6.07) is 14.1. The minimum atomic E-state index is 0.623. The molecule has 2 N–H and O–H groups in total. The van der Waals surface area contributed by atoms with Crippen molar-refractivity contribution in [3.05, 3.63) is 42.5 Å². The second-order valence-electron chi connectivity index (χ2n) is 5.49. The summed E-state index contributed by atoms with van der Waals surface area (Å²) in [5, 5.41) is 9.25. The van der Waals surface area contributed by atoms with Gasteiger partial charge in [-0.05, 0) is 44.5 Å². The van der Waals surface area contributed by atoms with Crippen LogP contribution in [0.4, 0.5) is 5.69 Å². The van der Waals surface area contributed by atoms with Crippen molar-refractivity contribution >= 4 is 45.0 Å². The van der Waals surface area contributed by atoms with Crippen LogP contribution in [0.2, 0.25) is 0 Å². The number of fused-ring (bicyclic) bond motifs is 3. The Kier molecular flexibility index (Phi) is 4.27. The Labute approximate surface area is 135 Å². The summed E-state index contributed by atoms with van der Waals surface area (Å²) in [5.74, 6) is 0. The van der Waals surface area contributed by atoms with E-state index in [9.17, 15) is 0 Å². The highest BCUT2D eigenvalue weighted by Gasteiger charge is 2.07. The van der Waals surface area contributed by atoms with Gasteiger partial charge in [-0.2, -0.15) is 0 Å². The van der Waals surface area contributed by atoms with Gasteiger partial charge in [-0.25, -0.2) is 0 Å². The number of para-hydroxylation sites is 1. The Morgan fingerprint density at radius 3 is 2.68 bits per heavy atom. The van der Waals surface area contributed by atoms with Gasteiger partial charge in [-0.15, -0.1) is 0 Å². The maximum Gasteiger partial charge on any atom is 0.170 e. The molecule has 5 heteroatoms. The lowest BCUT2D eigenvalue weighted by Crippen LogP contribution is -2.34. The quantitative estimate of drug-likeness (QED) is 0.722. The minimum Gasteiger partial charge on any atom is -0.456 e. The Morgan fingerprint density at radius 2 is 1.86 bits per heavy atom. The summed E-state index contributed by atoms with van der Waals surface area (Å²) >= 11 is 5.30. The van der Waals surface area contributed by atoms with Crippen LogP contribution in [0.25, 0.3) is 21.9 Å². The molecule has 2 aromatic carbocycles. The van der Waals surface area contributed by atoms with Crippen molar-refractivity contribution in [1.29, 1.82) is 0 Å². The van der Waals surface area contributed by atoms with Gasteiger partial charge in [0, 0.05) is 35.6 Å². The number of nitrogens with one attached hydrogen (secondary N) is 2. The van der Waals surface area contributed by atoms with Crippen molar-refractivity contribution in [3.8, 4) is 0 Å². The highest BCUT2D eigenvalue weighted by atomic mass is 32.1. The highest BCUT2D eigenvalue weighted by Crippen LogP contribution is 2.30. The largest absolute Gasteiger partial charge is 0.456 e. The molecule has 0 bridgehead atoms. The standard InChI is InChI=1S/C17H19N3OS/c1-20(2)10-9-18-17(22)19-12-7-8-14-13-5-3-4-6-15(13)21-16(14)11-12/h3-8,11H,9-10H2,1-2H3,(H2,18,19,22). The van der Waals surface area contributed by atoms with Crippen LogP contribution in [0.1, 0.15) is 0 Å². The third-order valence-electron chi connectivity index (χ3n) is 3.48. The van der Waals surface area contributed by atoms with Crippen LogP contribution in [-0.4, -0.2) is 37.2 Å². The van der Waals surface area contributed by atoms with Crippen LogP contribution in [0.5, 0.6) is 0 Å². The number of hydrogen-bond acceptors (Lipinski definition) is 3. The molecule has 4 nitrogen and oxygen atoms in total. The van der Waals surface area contributed by atoms with Crippen LogP contribution in [0, 0.1) is 0 Å². The second-order valence-corrected chi connectivity index (χ2v) is 5.90. The topological polar surface area (TPSA) is 40.4 Å². The van der Waals surface area contributed by atoms with Gasteiger partial charge in [0.1, 0.15) is 11.2 Å². The summed E-state index contributed by atoms with van der Waals surface area (Å²) in [6.07, 6.45) is 0. The van der Waals surface area contributed by atoms with E-state index in [4.69, 9.17) is 16.6 Å². The van der Waals surface area contributed by atoms with Crippen LogP contribution in [0.15, 0.2) is 46.9 Å². The van der Waals surface area contributed by atoms with Crippen molar-refractivity contribution in [2.75, 3.05) is 32.5 Å². The first kappa shape index (κ1) is 14.8. The van der Waals surface area contributed by atoms with Crippen LogP contribution < -0.4 is 10.6 Å². The molecule has 0 amide bonds. The summed E-state index contributed by atoms with van der Waals surface area (Å²) in [6.45, 7) is 1.75. The van der Waals surface area contributed by atoms with Crippen LogP contribution in [-0.2, 0) is 0 Å². The Hall–Kier alpha value is -2.11. The molecule has 0 saturated carbocycles. The van der Waals surface area contributed by atoms with Crippen molar-refractivity contribution in [1.82, 2.24) is 10.2 Å². The third kappa shape index (κ3) is 3.21. The highest BCUT2D eigenvalue weighted by molar-refractivity contribution is 7.80. The van der Waals surface area contributed by atoms with Crippen molar-refractivity contribution in [2.24, 2.45) is 0 Å². The minimum absolute atomic E-state index is 0.623.